The van der Waals surface area contributed by atoms with Gasteiger partial charge in [-0.2, -0.15) is 5.10 Å². The van der Waals surface area contributed by atoms with E-state index >= 15 is 0 Å². The summed E-state index contributed by atoms with van der Waals surface area (Å²) >= 11 is 0. The van der Waals surface area contributed by atoms with Gasteiger partial charge in [-0.25, -0.2) is 4.39 Å². The second-order valence-electron chi connectivity index (χ2n) is 4.74. The van der Waals surface area contributed by atoms with Crippen LogP contribution in [-0.4, -0.2) is 22.9 Å². The van der Waals surface area contributed by atoms with E-state index in [0.717, 1.165) is 30.5 Å². The first-order valence-corrected chi connectivity index (χ1v) is 6.15. The first-order chi connectivity index (χ1) is 8.33. The maximum absolute atomic E-state index is 13.2. The standard InChI is InChI=1S/C13H16FN3/c14-12-4-3-11-8-16-17(13(11)6-12)9-10-2-1-5-15-7-10/h3-4,6,8,10,15H,1-2,5,7,9H2. The van der Waals surface area contributed by atoms with Crippen molar-refractivity contribution in [2.45, 2.75) is 19.4 Å². The minimum Gasteiger partial charge on any atom is -0.316 e. The lowest BCUT2D eigenvalue weighted by atomic mass is 10.00. The Kier molecular flexibility index (Phi) is 2.81. The van der Waals surface area contributed by atoms with Crippen LogP contribution >= 0.6 is 0 Å². The van der Waals surface area contributed by atoms with E-state index in [-0.39, 0.29) is 5.82 Å². The average Bonchev–Trinajstić information content (AvgIpc) is 2.73. The van der Waals surface area contributed by atoms with Crippen molar-refractivity contribution in [2.24, 2.45) is 5.92 Å². The van der Waals surface area contributed by atoms with Crippen molar-refractivity contribution in [1.29, 1.82) is 0 Å². The monoisotopic (exact) mass is 233 g/mol. The Morgan fingerprint density at radius 1 is 1.47 bits per heavy atom. The molecule has 1 N–H and O–H groups in total. The second kappa shape index (κ2) is 4.45. The van der Waals surface area contributed by atoms with E-state index in [1.807, 2.05) is 10.9 Å². The smallest absolute Gasteiger partial charge is 0.125 e. The molecule has 4 heteroatoms. The Bertz CT molecular complexity index is 514. The van der Waals surface area contributed by atoms with Crippen LogP contribution in [0.25, 0.3) is 10.9 Å². The fourth-order valence-electron chi connectivity index (χ4n) is 2.51. The maximum Gasteiger partial charge on any atom is 0.125 e. The third-order valence-electron chi connectivity index (χ3n) is 3.44. The van der Waals surface area contributed by atoms with Crippen molar-refractivity contribution < 1.29 is 4.39 Å². The zero-order valence-electron chi connectivity index (χ0n) is 9.69. The van der Waals surface area contributed by atoms with Crippen molar-refractivity contribution in [3.8, 4) is 0 Å². The molecule has 1 aromatic heterocycles. The molecule has 3 rings (SSSR count). The Morgan fingerprint density at radius 2 is 2.41 bits per heavy atom. The van der Waals surface area contributed by atoms with E-state index in [2.05, 4.69) is 10.4 Å². The predicted octanol–water partition coefficient (Wildman–Crippen LogP) is 2.17. The molecular formula is C13H16FN3. The normalized spacial score (nSPS) is 20.9. The van der Waals surface area contributed by atoms with E-state index in [9.17, 15) is 4.39 Å². The number of hydrogen-bond donors (Lipinski definition) is 1. The molecule has 1 aliphatic rings. The van der Waals surface area contributed by atoms with Gasteiger partial charge in [-0.15, -0.1) is 0 Å². The maximum atomic E-state index is 13.2. The number of nitrogens with zero attached hydrogens (tertiary/aromatic N) is 2. The summed E-state index contributed by atoms with van der Waals surface area (Å²) in [4.78, 5) is 0. The molecule has 0 amide bonds. The summed E-state index contributed by atoms with van der Waals surface area (Å²) in [6.45, 7) is 3.03. The quantitative estimate of drug-likeness (QED) is 0.861. The molecule has 1 unspecified atom stereocenters. The molecule has 0 radical (unpaired) electrons. The second-order valence-corrected chi connectivity index (χ2v) is 4.74. The molecule has 3 nitrogen and oxygen atoms in total. The Hall–Kier alpha value is -1.42. The largest absolute Gasteiger partial charge is 0.316 e. The van der Waals surface area contributed by atoms with E-state index in [4.69, 9.17) is 0 Å². The third-order valence-corrected chi connectivity index (χ3v) is 3.44. The summed E-state index contributed by atoms with van der Waals surface area (Å²) in [5, 5.41) is 8.75. The van der Waals surface area contributed by atoms with Crippen LogP contribution in [0.1, 0.15) is 12.8 Å². The molecular weight excluding hydrogens is 217 g/mol. The van der Waals surface area contributed by atoms with Gasteiger partial charge in [-0.3, -0.25) is 4.68 Å². The van der Waals surface area contributed by atoms with Gasteiger partial charge in [-0.1, -0.05) is 0 Å². The number of piperidine rings is 1. The summed E-state index contributed by atoms with van der Waals surface area (Å²) in [5.74, 6) is 0.413. The summed E-state index contributed by atoms with van der Waals surface area (Å²) in [6, 6.07) is 4.84. The number of aromatic nitrogens is 2. The molecule has 0 saturated carbocycles. The lowest BCUT2D eigenvalue weighted by Gasteiger charge is -2.22. The molecule has 90 valence electrons. The van der Waals surface area contributed by atoms with E-state index < -0.39 is 0 Å². The van der Waals surface area contributed by atoms with Crippen LogP contribution < -0.4 is 5.32 Å². The van der Waals surface area contributed by atoms with Gasteiger partial charge in [0.15, 0.2) is 0 Å². The van der Waals surface area contributed by atoms with Gasteiger partial charge in [-0.05, 0) is 50.0 Å². The highest BCUT2D eigenvalue weighted by Crippen LogP contribution is 2.18. The number of rotatable bonds is 2. The Labute approximate surface area is 99.6 Å². The van der Waals surface area contributed by atoms with Crippen LogP contribution in [0.3, 0.4) is 0 Å². The fourth-order valence-corrected chi connectivity index (χ4v) is 2.51. The van der Waals surface area contributed by atoms with Crippen LogP contribution in [0.2, 0.25) is 0 Å². The molecule has 17 heavy (non-hydrogen) atoms. The molecule has 2 aromatic rings. The summed E-state index contributed by atoms with van der Waals surface area (Å²) < 4.78 is 15.1. The molecule has 1 aromatic carbocycles. The van der Waals surface area contributed by atoms with Gasteiger partial charge in [0.05, 0.1) is 11.7 Å². The lowest BCUT2D eigenvalue weighted by Crippen LogP contribution is -2.32. The van der Waals surface area contributed by atoms with Crippen LogP contribution in [0.4, 0.5) is 4.39 Å². The van der Waals surface area contributed by atoms with E-state index in [0.29, 0.717) is 5.92 Å². The lowest BCUT2D eigenvalue weighted by molar-refractivity contribution is 0.329. The fraction of sp³-hybridized carbons (Fsp3) is 0.462. The number of hydrogen-bond acceptors (Lipinski definition) is 2. The molecule has 2 heterocycles. The highest BCUT2D eigenvalue weighted by atomic mass is 19.1. The van der Waals surface area contributed by atoms with Crippen molar-refractivity contribution >= 4 is 10.9 Å². The Morgan fingerprint density at radius 3 is 3.24 bits per heavy atom. The first-order valence-electron chi connectivity index (χ1n) is 6.15. The zero-order valence-corrected chi connectivity index (χ0v) is 9.69. The van der Waals surface area contributed by atoms with E-state index in [1.165, 1.54) is 18.9 Å². The molecule has 1 fully saturated rings. The zero-order chi connectivity index (χ0) is 11.7. The Balaban J connectivity index is 1.86. The van der Waals surface area contributed by atoms with Gasteiger partial charge in [0.1, 0.15) is 5.82 Å². The van der Waals surface area contributed by atoms with Gasteiger partial charge in [0.2, 0.25) is 0 Å². The minimum absolute atomic E-state index is 0.194. The number of fused-ring (bicyclic) bond motifs is 1. The molecule has 0 bridgehead atoms. The van der Waals surface area contributed by atoms with Crippen LogP contribution in [0, 0.1) is 11.7 Å². The highest BCUT2D eigenvalue weighted by molar-refractivity contribution is 5.78. The molecule has 1 aliphatic heterocycles. The highest BCUT2D eigenvalue weighted by Gasteiger charge is 2.15. The number of halogens is 1. The molecule has 1 saturated heterocycles. The third kappa shape index (κ3) is 2.17. The summed E-state index contributed by atoms with van der Waals surface area (Å²) in [7, 11) is 0. The first kappa shape index (κ1) is 10.7. The van der Waals surface area contributed by atoms with Gasteiger partial charge in [0, 0.05) is 11.9 Å². The van der Waals surface area contributed by atoms with Crippen molar-refractivity contribution in [3.63, 3.8) is 0 Å². The van der Waals surface area contributed by atoms with E-state index in [1.54, 1.807) is 12.1 Å². The van der Waals surface area contributed by atoms with Gasteiger partial charge in [0.25, 0.3) is 0 Å². The SMILES string of the molecule is Fc1ccc2cnn(CC3CCCNC3)c2c1. The van der Waals surface area contributed by atoms with Crippen molar-refractivity contribution in [1.82, 2.24) is 15.1 Å². The average molecular weight is 233 g/mol. The van der Waals surface area contributed by atoms with Gasteiger partial charge < -0.3 is 5.32 Å². The number of nitrogens with one attached hydrogen (secondary N) is 1. The van der Waals surface area contributed by atoms with Crippen LogP contribution in [0.5, 0.6) is 0 Å². The van der Waals surface area contributed by atoms with Gasteiger partial charge >= 0.3 is 0 Å². The molecule has 1 atom stereocenters. The number of benzene rings is 1. The minimum atomic E-state index is -0.194. The van der Waals surface area contributed by atoms with Crippen molar-refractivity contribution in [2.75, 3.05) is 13.1 Å². The van der Waals surface area contributed by atoms with Crippen molar-refractivity contribution in [3.05, 3.63) is 30.2 Å². The summed E-state index contributed by atoms with van der Waals surface area (Å²) in [5.41, 5.74) is 0.899. The molecule has 0 aliphatic carbocycles. The van der Waals surface area contributed by atoms with Crippen LogP contribution in [0.15, 0.2) is 24.4 Å². The summed E-state index contributed by atoms with van der Waals surface area (Å²) in [6.07, 6.45) is 4.26. The van der Waals surface area contributed by atoms with Crippen LogP contribution in [-0.2, 0) is 6.54 Å². The molecule has 0 spiro atoms. The topological polar surface area (TPSA) is 29.9 Å². The predicted molar refractivity (Wildman–Crippen MR) is 65.3 cm³/mol.